The number of carbonyl (C=O) groups excluding carboxylic acids is 2. The largest absolute Gasteiger partial charge is 0.497 e. The van der Waals surface area contributed by atoms with Gasteiger partial charge >= 0.3 is 6.09 Å². The molecule has 2 aromatic rings. The Morgan fingerprint density at radius 2 is 1.90 bits per heavy atom. The fraction of sp³-hybridized carbons (Fsp3) is 0.304. The van der Waals surface area contributed by atoms with E-state index in [1.165, 1.54) is 5.56 Å². The number of ketones is 1. The summed E-state index contributed by atoms with van der Waals surface area (Å²) in [6.07, 6.45) is 1.95. The van der Waals surface area contributed by atoms with Crippen molar-refractivity contribution >= 4 is 23.3 Å². The van der Waals surface area contributed by atoms with Crippen molar-refractivity contribution in [2.75, 3.05) is 19.0 Å². The second kappa shape index (κ2) is 8.39. The van der Waals surface area contributed by atoms with E-state index in [9.17, 15) is 9.59 Å². The van der Waals surface area contributed by atoms with Gasteiger partial charge in [-0.15, -0.1) is 0 Å². The van der Waals surface area contributed by atoms with E-state index in [1.807, 2.05) is 18.2 Å². The zero-order valence-corrected chi connectivity index (χ0v) is 17.2. The van der Waals surface area contributed by atoms with Crippen molar-refractivity contribution in [2.45, 2.75) is 32.7 Å². The molecule has 0 bridgehead atoms. The summed E-state index contributed by atoms with van der Waals surface area (Å²) in [5.74, 6) is 0.625. The number of fused-ring (bicyclic) bond motifs is 1. The number of nitrogens with one attached hydrogen (secondary N) is 2. The Kier molecular flexibility index (Phi) is 5.92. The highest BCUT2D eigenvalue weighted by atomic mass is 16.5. The van der Waals surface area contributed by atoms with E-state index in [4.69, 9.17) is 9.47 Å². The molecule has 0 saturated carbocycles. The molecule has 0 aromatic heterocycles. The van der Waals surface area contributed by atoms with Gasteiger partial charge < -0.3 is 14.8 Å². The van der Waals surface area contributed by atoms with Crippen LogP contribution in [0.15, 0.2) is 48.5 Å². The molecule has 0 aliphatic carbocycles. The summed E-state index contributed by atoms with van der Waals surface area (Å²) in [4.78, 5) is 24.4. The molecule has 152 valence electrons. The summed E-state index contributed by atoms with van der Waals surface area (Å²) in [5, 5.41) is 6.08. The molecule has 6 heteroatoms. The Bertz CT molecular complexity index is 946. The molecule has 3 rings (SSSR count). The van der Waals surface area contributed by atoms with Crippen molar-refractivity contribution < 1.29 is 19.1 Å². The van der Waals surface area contributed by atoms with Crippen LogP contribution in [-0.4, -0.2) is 31.1 Å². The van der Waals surface area contributed by atoms with Crippen LogP contribution in [0.1, 0.15) is 42.3 Å². The molecule has 2 aromatic carbocycles. The molecule has 2 N–H and O–H groups in total. The van der Waals surface area contributed by atoms with Crippen LogP contribution in [0.2, 0.25) is 0 Å². The molecule has 0 saturated heterocycles. The summed E-state index contributed by atoms with van der Waals surface area (Å²) in [7, 11) is 1.63. The summed E-state index contributed by atoms with van der Waals surface area (Å²) in [6.45, 7) is 6.25. The average Bonchev–Trinajstić information content (AvgIpc) is 2.67. The Morgan fingerprint density at radius 1 is 1.17 bits per heavy atom. The zero-order chi connectivity index (χ0) is 21.0. The molecule has 1 aliphatic heterocycles. The van der Waals surface area contributed by atoms with Crippen LogP contribution in [0.25, 0.3) is 5.70 Å². The normalized spacial score (nSPS) is 15.8. The highest BCUT2D eigenvalue weighted by Gasteiger charge is 2.28. The Hall–Kier alpha value is -3.28. The quantitative estimate of drug-likeness (QED) is 0.580. The van der Waals surface area contributed by atoms with Gasteiger partial charge in [-0.05, 0) is 69.2 Å². The minimum absolute atomic E-state index is 0.123. The third-order valence-corrected chi connectivity index (χ3v) is 4.68. The van der Waals surface area contributed by atoms with Crippen molar-refractivity contribution in [1.82, 2.24) is 5.32 Å². The van der Waals surface area contributed by atoms with E-state index in [2.05, 4.69) is 24.5 Å². The fourth-order valence-corrected chi connectivity index (χ4v) is 3.37. The van der Waals surface area contributed by atoms with Gasteiger partial charge in [0.05, 0.1) is 13.7 Å². The molecular formula is C23H26N2O4. The van der Waals surface area contributed by atoms with Gasteiger partial charge in [0.1, 0.15) is 5.75 Å². The monoisotopic (exact) mass is 394 g/mol. The smallest absolute Gasteiger partial charge is 0.411 e. The molecule has 0 unspecified atom stereocenters. The van der Waals surface area contributed by atoms with E-state index in [1.54, 1.807) is 44.4 Å². The summed E-state index contributed by atoms with van der Waals surface area (Å²) < 4.78 is 10.2. The average molecular weight is 394 g/mol. The summed E-state index contributed by atoms with van der Waals surface area (Å²) >= 11 is 0. The van der Waals surface area contributed by atoms with Gasteiger partial charge in [-0.2, -0.15) is 0 Å². The molecule has 0 radical (unpaired) electrons. The Labute approximate surface area is 170 Å². The van der Waals surface area contributed by atoms with Crippen LogP contribution in [-0.2, 0) is 11.2 Å². The van der Waals surface area contributed by atoms with Crippen LogP contribution in [0, 0.1) is 0 Å². The van der Waals surface area contributed by atoms with Crippen molar-refractivity contribution in [3.8, 4) is 5.75 Å². The van der Waals surface area contributed by atoms with Crippen molar-refractivity contribution in [2.24, 2.45) is 0 Å². The van der Waals surface area contributed by atoms with Crippen LogP contribution < -0.4 is 15.4 Å². The van der Waals surface area contributed by atoms with E-state index < -0.39 is 6.09 Å². The lowest BCUT2D eigenvalue weighted by atomic mass is 9.85. The van der Waals surface area contributed by atoms with Gasteiger partial charge in [0, 0.05) is 34.1 Å². The first kappa shape index (κ1) is 20.5. The molecule has 0 spiro atoms. The molecule has 0 fully saturated rings. The van der Waals surface area contributed by atoms with Gasteiger partial charge in [-0.3, -0.25) is 10.1 Å². The van der Waals surface area contributed by atoms with Gasteiger partial charge in [-0.1, -0.05) is 6.07 Å². The molecule has 29 heavy (non-hydrogen) atoms. The fourth-order valence-electron chi connectivity index (χ4n) is 3.37. The number of hydrogen-bond donors (Lipinski definition) is 2. The van der Waals surface area contributed by atoms with Crippen LogP contribution >= 0.6 is 0 Å². The maximum atomic E-state index is 12.9. The number of hydrogen-bond acceptors (Lipinski definition) is 5. The van der Waals surface area contributed by atoms with Gasteiger partial charge in [0.2, 0.25) is 0 Å². The molecule has 0 atom stereocenters. The van der Waals surface area contributed by atoms with Crippen LogP contribution in [0.3, 0.4) is 0 Å². The number of rotatable bonds is 5. The minimum atomic E-state index is -0.520. The van der Waals surface area contributed by atoms with E-state index in [0.29, 0.717) is 17.9 Å². The SMILES string of the molecule is CCOC(=O)Nc1ccc(C(=O)/C=C2\NC(C)(C)Cc3ccc(OC)cc32)cc1. The van der Waals surface area contributed by atoms with Crippen LogP contribution in [0.4, 0.5) is 10.5 Å². The number of carbonyl (C=O) groups is 2. The lowest BCUT2D eigenvalue weighted by Gasteiger charge is -2.35. The molecule has 6 nitrogen and oxygen atoms in total. The van der Waals surface area contributed by atoms with E-state index >= 15 is 0 Å². The topological polar surface area (TPSA) is 76.7 Å². The maximum Gasteiger partial charge on any atom is 0.411 e. The lowest BCUT2D eigenvalue weighted by molar-refractivity contribution is 0.104. The van der Waals surface area contributed by atoms with Crippen LogP contribution in [0.5, 0.6) is 5.75 Å². The predicted molar refractivity (Wildman–Crippen MR) is 113 cm³/mol. The third kappa shape index (κ3) is 4.96. The van der Waals surface area contributed by atoms with Gasteiger partial charge in [0.25, 0.3) is 0 Å². The number of amides is 1. The number of methoxy groups -OCH3 is 1. The zero-order valence-electron chi connectivity index (χ0n) is 17.2. The number of anilines is 1. The highest BCUT2D eigenvalue weighted by molar-refractivity contribution is 6.09. The van der Waals surface area contributed by atoms with E-state index in [-0.39, 0.29) is 11.3 Å². The summed E-state index contributed by atoms with van der Waals surface area (Å²) in [6, 6.07) is 12.7. The molecule has 1 heterocycles. The van der Waals surface area contributed by atoms with Gasteiger partial charge in [-0.25, -0.2) is 4.79 Å². The lowest BCUT2D eigenvalue weighted by Crippen LogP contribution is -2.43. The second-order valence-corrected chi connectivity index (χ2v) is 7.55. The summed E-state index contributed by atoms with van der Waals surface area (Å²) in [5.41, 5.74) is 3.84. The third-order valence-electron chi connectivity index (χ3n) is 4.68. The van der Waals surface area contributed by atoms with Gasteiger partial charge in [0.15, 0.2) is 5.78 Å². The second-order valence-electron chi connectivity index (χ2n) is 7.55. The first-order chi connectivity index (χ1) is 13.8. The first-order valence-corrected chi connectivity index (χ1v) is 9.56. The molecule has 1 aliphatic rings. The van der Waals surface area contributed by atoms with Crippen molar-refractivity contribution in [3.63, 3.8) is 0 Å². The maximum absolute atomic E-state index is 12.9. The number of allylic oxidation sites excluding steroid dienone is 1. The predicted octanol–water partition coefficient (Wildman–Crippen LogP) is 4.41. The Morgan fingerprint density at radius 3 is 2.55 bits per heavy atom. The first-order valence-electron chi connectivity index (χ1n) is 9.56. The van der Waals surface area contributed by atoms with Crippen molar-refractivity contribution in [3.05, 3.63) is 65.2 Å². The van der Waals surface area contributed by atoms with Crippen molar-refractivity contribution in [1.29, 1.82) is 0 Å². The highest BCUT2D eigenvalue weighted by Crippen LogP contribution is 2.32. The minimum Gasteiger partial charge on any atom is -0.497 e. The number of ether oxygens (including phenoxy) is 2. The Balaban J connectivity index is 1.85. The van der Waals surface area contributed by atoms with E-state index in [0.717, 1.165) is 23.4 Å². The molecule has 1 amide bonds. The molecular weight excluding hydrogens is 368 g/mol. The number of benzene rings is 2. The standard InChI is InChI=1S/C23H26N2O4/c1-5-29-22(27)24-17-9-6-15(7-10-17)21(26)13-20-19-12-18(28-4)11-8-16(19)14-23(2,3)25-20/h6-13,25H,5,14H2,1-4H3,(H,24,27)/b20-13-.